The van der Waals surface area contributed by atoms with Crippen LogP contribution in [-0.4, -0.2) is 115 Å². The molecule has 14 nitrogen and oxygen atoms in total. The summed E-state index contributed by atoms with van der Waals surface area (Å²) >= 11 is 0. The van der Waals surface area contributed by atoms with Gasteiger partial charge in [-0.15, -0.1) is 0 Å². The lowest BCUT2D eigenvalue weighted by molar-refractivity contribution is -0.243. The van der Waals surface area contributed by atoms with Crippen LogP contribution in [0.25, 0.3) is 0 Å². The first kappa shape index (κ1) is 36.8. The van der Waals surface area contributed by atoms with Crippen molar-refractivity contribution in [2.75, 3.05) is 13.2 Å². The van der Waals surface area contributed by atoms with Crippen LogP contribution in [-0.2, 0) is 36.8 Å². The van der Waals surface area contributed by atoms with Gasteiger partial charge in [-0.2, -0.15) is 0 Å². The Bertz CT molecular complexity index is 1420. The summed E-state index contributed by atoms with van der Waals surface area (Å²) in [6.07, 6.45) is -3.56. The molecule has 2 aliphatic heterocycles. The van der Waals surface area contributed by atoms with Crippen molar-refractivity contribution < 1.29 is 49.4 Å². The van der Waals surface area contributed by atoms with E-state index in [1.165, 1.54) is 24.0 Å². The number of benzene rings is 2. The quantitative estimate of drug-likeness (QED) is 0.138. The molecular formula is C34H46N4O10. The number of ether oxygens (including phenoxy) is 1. The van der Waals surface area contributed by atoms with Crippen molar-refractivity contribution >= 4 is 23.7 Å². The second-order valence-corrected chi connectivity index (χ2v) is 13.0. The molecule has 48 heavy (non-hydrogen) atoms. The maximum atomic E-state index is 14.2. The van der Waals surface area contributed by atoms with Crippen molar-refractivity contribution in [2.45, 2.75) is 94.7 Å². The summed E-state index contributed by atoms with van der Waals surface area (Å²) in [6.45, 7) is 4.69. The van der Waals surface area contributed by atoms with Crippen LogP contribution in [0.1, 0.15) is 44.7 Å². The van der Waals surface area contributed by atoms with Crippen molar-refractivity contribution in [1.82, 2.24) is 20.9 Å². The summed E-state index contributed by atoms with van der Waals surface area (Å²) in [4.78, 5) is 54.7. The number of carboxylic acid groups (broad SMARTS) is 1. The van der Waals surface area contributed by atoms with Crippen LogP contribution in [0.3, 0.4) is 0 Å². The highest BCUT2D eigenvalue weighted by molar-refractivity contribution is 5.94. The summed E-state index contributed by atoms with van der Waals surface area (Å²) in [6, 6.07) is 10.7. The lowest BCUT2D eigenvalue weighted by atomic mass is 9.93. The molecule has 2 saturated heterocycles. The van der Waals surface area contributed by atoms with E-state index in [1.807, 2.05) is 6.07 Å². The van der Waals surface area contributed by atoms with Gasteiger partial charge < -0.3 is 45.8 Å². The summed E-state index contributed by atoms with van der Waals surface area (Å²) in [7, 11) is 0. The third kappa shape index (κ3) is 8.88. The minimum atomic E-state index is -1.65. The van der Waals surface area contributed by atoms with Crippen LogP contribution in [0.15, 0.2) is 54.6 Å². The zero-order valence-electron chi connectivity index (χ0n) is 27.3. The van der Waals surface area contributed by atoms with E-state index in [2.05, 4.69) is 16.0 Å². The number of nitrogens with zero attached hydrogens (tertiary/aromatic N) is 1. The van der Waals surface area contributed by atoms with Gasteiger partial charge in [0, 0.05) is 13.0 Å². The monoisotopic (exact) mass is 670 g/mol. The second kappa shape index (κ2) is 15.9. The van der Waals surface area contributed by atoms with E-state index in [9.17, 15) is 44.7 Å². The van der Waals surface area contributed by atoms with Gasteiger partial charge in [-0.25, -0.2) is 4.79 Å². The van der Waals surface area contributed by atoms with Crippen molar-refractivity contribution in [1.29, 1.82) is 0 Å². The Hall–Kier alpha value is -4.08. The van der Waals surface area contributed by atoms with Crippen LogP contribution in [0.4, 0.5) is 0 Å². The zero-order chi connectivity index (χ0) is 35.2. The smallest absolute Gasteiger partial charge is 0.326 e. The molecule has 8 N–H and O–H groups in total. The van der Waals surface area contributed by atoms with Crippen LogP contribution in [0.5, 0.6) is 5.75 Å². The molecule has 0 spiro atoms. The molecule has 2 aromatic rings. The number of hydrogen-bond donors (Lipinski definition) is 8. The molecule has 3 amide bonds. The van der Waals surface area contributed by atoms with Gasteiger partial charge in [0.1, 0.15) is 47.9 Å². The molecule has 0 aliphatic carbocycles. The van der Waals surface area contributed by atoms with Gasteiger partial charge in [-0.3, -0.25) is 19.7 Å². The fourth-order valence-corrected chi connectivity index (χ4v) is 6.12. The van der Waals surface area contributed by atoms with Gasteiger partial charge in [-0.05, 0) is 55.4 Å². The lowest BCUT2D eigenvalue weighted by Crippen LogP contribution is -2.69. The molecule has 0 unspecified atom stereocenters. The van der Waals surface area contributed by atoms with E-state index in [-0.39, 0.29) is 31.7 Å². The number of aromatic hydroxyl groups is 1. The fraction of sp³-hybridized carbons (Fsp3) is 0.529. The summed E-state index contributed by atoms with van der Waals surface area (Å²) in [5, 5.41) is 58.9. The Labute approximate surface area is 279 Å². The average Bonchev–Trinajstić information content (AvgIpc) is 3.55. The number of aliphatic hydroxyl groups is 3. The molecule has 0 radical (unpaired) electrons. The number of phenolic OH excluding ortho intramolecular Hbond substituents is 1. The molecule has 2 aliphatic rings. The van der Waals surface area contributed by atoms with E-state index >= 15 is 0 Å². The Morgan fingerprint density at radius 2 is 1.56 bits per heavy atom. The normalized spacial score (nSPS) is 26.0. The minimum absolute atomic E-state index is 0.0261. The number of rotatable bonds is 13. The Kier molecular flexibility index (Phi) is 12.2. The SMILES string of the molecule is CC(C)[C@H](NC(=O)[C@H](Cc1ccccc1)NC(=O)[C@@H]1CCCN1C(=O)[C@H](Cc1ccc(O)cc1)N[C@]1(C)OC[C@@H](O)[C@@H](O)[C@@H]1O)C(=O)O. The van der Waals surface area contributed by atoms with E-state index < -0.39 is 77.8 Å². The summed E-state index contributed by atoms with van der Waals surface area (Å²) in [5.41, 5.74) is -0.270. The predicted molar refractivity (Wildman–Crippen MR) is 172 cm³/mol. The number of hydrogen-bond acceptors (Lipinski definition) is 10. The Morgan fingerprint density at radius 3 is 2.19 bits per heavy atom. The molecule has 2 heterocycles. The third-order valence-electron chi connectivity index (χ3n) is 8.96. The first-order chi connectivity index (χ1) is 22.7. The van der Waals surface area contributed by atoms with Gasteiger partial charge in [0.25, 0.3) is 0 Å². The topological polar surface area (TPSA) is 218 Å². The summed E-state index contributed by atoms with van der Waals surface area (Å²) in [5.74, 6) is -3.36. The number of aliphatic hydroxyl groups excluding tert-OH is 3. The number of likely N-dealkylation sites (tertiary alicyclic amines) is 1. The van der Waals surface area contributed by atoms with Crippen molar-refractivity contribution in [3.8, 4) is 5.75 Å². The maximum absolute atomic E-state index is 14.2. The molecule has 2 aromatic carbocycles. The highest BCUT2D eigenvalue weighted by Gasteiger charge is 2.49. The number of carbonyl (C=O) groups is 4. The van der Waals surface area contributed by atoms with Crippen LogP contribution < -0.4 is 16.0 Å². The molecule has 2 fully saturated rings. The van der Waals surface area contributed by atoms with Crippen molar-refractivity contribution in [3.05, 3.63) is 65.7 Å². The second-order valence-electron chi connectivity index (χ2n) is 13.0. The van der Waals surface area contributed by atoms with Gasteiger partial charge in [0.15, 0.2) is 0 Å². The van der Waals surface area contributed by atoms with Crippen molar-refractivity contribution in [2.24, 2.45) is 5.92 Å². The van der Waals surface area contributed by atoms with Gasteiger partial charge >= 0.3 is 5.97 Å². The van der Waals surface area contributed by atoms with Crippen molar-refractivity contribution in [3.63, 3.8) is 0 Å². The lowest BCUT2D eigenvalue weighted by Gasteiger charge is -2.45. The Balaban J connectivity index is 1.57. The van der Waals surface area contributed by atoms with Crippen LogP contribution >= 0.6 is 0 Å². The number of carbonyl (C=O) groups excluding carboxylic acids is 3. The Morgan fingerprint density at radius 1 is 0.938 bits per heavy atom. The third-order valence-corrected chi connectivity index (χ3v) is 8.96. The molecular weight excluding hydrogens is 624 g/mol. The highest BCUT2D eigenvalue weighted by atomic mass is 16.5. The number of aliphatic carboxylic acids is 1. The molecule has 262 valence electrons. The van der Waals surface area contributed by atoms with Gasteiger partial charge in [-0.1, -0.05) is 56.3 Å². The molecule has 14 heteroatoms. The number of phenols is 1. The fourth-order valence-electron chi connectivity index (χ4n) is 6.12. The van der Waals surface area contributed by atoms with E-state index in [0.29, 0.717) is 18.4 Å². The first-order valence-corrected chi connectivity index (χ1v) is 16.1. The molecule has 0 saturated carbocycles. The standard InChI is InChI=1S/C34H46N4O10/c1-19(2)27(33(46)47)36-30(43)23(16-20-8-5-4-6-9-20)35-31(44)25-10-7-15-38(25)32(45)24(17-21-11-13-22(39)14-12-21)37-34(3)29(42)28(41)26(40)18-48-34/h4-6,8-9,11-14,19,23-29,37,39-42H,7,10,15-18H2,1-3H3,(H,35,44)(H,36,43)(H,46,47)/t23-,24-,25-,26+,27-,28+,29-,34+/m0/s1. The van der Waals surface area contributed by atoms with E-state index in [4.69, 9.17) is 4.74 Å². The van der Waals surface area contributed by atoms with E-state index in [1.54, 1.807) is 50.2 Å². The van der Waals surface area contributed by atoms with Gasteiger partial charge in [0.05, 0.1) is 12.6 Å². The molecule has 4 rings (SSSR count). The number of amides is 3. The number of carboxylic acids is 1. The zero-order valence-corrected chi connectivity index (χ0v) is 27.3. The van der Waals surface area contributed by atoms with Crippen LogP contribution in [0, 0.1) is 5.92 Å². The van der Waals surface area contributed by atoms with Gasteiger partial charge in [0.2, 0.25) is 17.7 Å². The largest absolute Gasteiger partial charge is 0.508 e. The average molecular weight is 671 g/mol. The summed E-state index contributed by atoms with van der Waals surface area (Å²) < 4.78 is 5.69. The predicted octanol–water partition coefficient (Wildman–Crippen LogP) is -0.334. The minimum Gasteiger partial charge on any atom is -0.508 e. The first-order valence-electron chi connectivity index (χ1n) is 16.1. The maximum Gasteiger partial charge on any atom is 0.326 e. The van der Waals surface area contributed by atoms with Crippen LogP contribution in [0.2, 0.25) is 0 Å². The number of nitrogens with one attached hydrogen (secondary N) is 3. The van der Waals surface area contributed by atoms with E-state index in [0.717, 1.165) is 5.56 Å². The molecule has 0 bridgehead atoms. The molecule has 0 aromatic heterocycles. The molecule has 8 atom stereocenters. The highest BCUT2D eigenvalue weighted by Crippen LogP contribution is 2.27.